The summed E-state index contributed by atoms with van der Waals surface area (Å²) >= 11 is 0. The maximum atomic E-state index is 15.2. The lowest BCUT2D eigenvalue weighted by Crippen LogP contribution is -2.03. The molecule has 0 amide bonds. The molecule has 0 fully saturated rings. The molecule has 0 radical (unpaired) electrons. The van der Waals surface area contributed by atoms with Gasteiger partial charge in [0.2, 0.25) is 0 Å². The molecule has 0 aliphatic carbocycles. The highest BCUT2D eigenvalue weighted by atomic mass is 19.1. The standard InChI is InChI=1S/C33H14F3N5/c34-21-13-24(35)33(25(36)14-21)41-27-8-4-2-6-23(27)31-29(41)10-9-28-30(31)22-5-1-3-7-26(22)40(28)32-19(16-38)11-18(15-37)12-20(32)17-39/h1-14H. The fourth-order valence-corrected chi connectivity index (χ4v) is 5.86. The summed E-state index contributed by atoms with van der Waals surface area (Å²) in [5, 5.41) is 32.5. The fraction of sp³-hybridized carbons (Fsp3) is 0. The van der Waals surface area contributed by atoms with Crippen LogP contribution in [-0.2, 0) is 0 Å². The second-order valence-corrected chi connectivity index (χ2v) is 9.53. The molecular formula is C33H14F3N5. The first kappa shape index (κ1) is 24.0. The van der Waals surface area contributed by atoms with Crippen molar-refractivity contribution in [2.45, 2.75) is 0 Å². The van der Waals surface area contributed by atoms with Crippen molar-refractivity contribution in [1.29, 1.82) is 15.8 Å². The lowest BCUT2D eigenvalue weighted by atomic mass is 10.0. The monoisotopic (exact) mass is 537 g/mol. The lowest BCUT2D eigenvalue weighted by molar-refractivity contribution is 0.537. The first-order chi connectivity index (χ1) is 20.0. The summed E-state index contributed by atoms with van der Waals surface area (Å²) in [5.41, 5.74) is 2.80. The van der Waals surface area contributed by atoms with Gasteiger partial charge in [0.25, 0.3) is 0 Å². The van der Waals surface area contributed by atoms with Crippen LogP contribution in [0.4, 0.5) is 13.2 Å². The van der Waals surface area contributed by atoms with Crippen LogP contribution >= 0.6 is 0 Å². The molecule has 2 heterocycles. The Hall–Kier alpha value is -6.04. The van der Waals surface area contributed by atoms with E-state index in [-0.39, 0.29) is 16.7 Å². The van der Waals surface area contributed by atoms with Gasteiger partial charge in [-0.25, -0.2) is 13.2 Å². The van der Waals surface area contributed by atoms with E-state index in [1.807, 2.05) is 47.0 Å². The summed E-state index contributed by atoms with van der Waals surface area (Å²) in [6, 6.07) is 28.6. The highest BCUT2D eigenvalue weighted by molar-refractivity contribution is 6.29. The maximum Gasteiger partial charge on any atom is 0.153 e. The first-order valence-corrected chi connectivity index (χ1v) is 12.5. The Morgan fingerprint density at radius 3 is 1.44 bits per heavy atom. The number of para-hydroxylation sites is 2. The Morgan fingerprint density at radius 2 is 0.976 bits per heavy atom. The largest absolute Gasteiger partial charge is 0.307 e. The number of halogens is 3. The molecule has 7 rings (SSSR count). The van der Waals surface area contributed by atoms with Crippen molar-refractivity contribution in [2.75, 3.05) is 0 Å². The minimum absolute atomic E-state index is 0.154. The molecule has 0 bridgehead atoms. The van der Waals surface area contributed by atoms with Gasteiger partial charge in [-0.2, -0.15) is 15.8 Å². The van der Waals surface area contributed by atoms with Crippen molar-refractivity contribution in [3.8, 4) is 29.6 Å². The third-order valence-electron chi connectivity index (χ3n) is 7.38. The van der Waals surface area contributed by atoms with Crippen LogP contribution in [0.15, 0.2) is 84.9 Å². The molecular weight excluding hydrogens is 523 g/mol. The van der Waals surface area contributed by atoms with E-state index in [1.54, 1.807) is 24.3 Å². The van der Waals surface area contributed by atoms with Crippen molar-refractivity contribution >= 4 is 43.6 Å². The molecule has 0 N–H and O–H groups in total. The van der Waals surface area contributed by atoms with Gasteiger partial charge in [0.05, 0.1) is 50.5 Å². The zero-order chi connectivity index (χ0) is 28.4. The van der Waals surface area contributed by atoms with Crippen LogP contribution in [0, 0.1) is 51.4 Å². The van der Waals surface area contributed by atoms with Gasteiger partial charge >= 0.3 is 0 Å². The number of nitrogens with zero attached hydrogens (tertiary/aromatic N) is 5. The molecule has 0 spiro atoms. The molecule has 192 valence electrons. The minimum atomic E-state index is -1.04. The zero-order valence-electron chi connectivity index (χ0n) is 21.0. The third-order valence-corrected chi connectivity index (χ3v) is 7.38. The van der Waals surface area contributed by atoms with E-state index in [9.17, 15) is 20.2 Å². The summed E-state index contributed by atoms with van der Waals surface area (Å²) in [6.07, 6.45) is 0. The van der Waals surface area contributed by atoms with E-state index in [2.05, 4.69) is 12.1 Å². The minimum Gasteiger partial charge on any atom is -0.307 e. The van der Waals surface area contributed by atoms with Crippen LogP contribution in [0.5, 0.6) is 0 Å². The highest BCUT2D eigenvalue weighted by Gasteiger charge is 2.25. The van der Waals surface area contributed by atoms with Gasteiger partial charge in [-0.15, -0.1) is 0 Å². The summed E-state index contributed by atoms with van der Waals surface area (Å²) < 4.78 is 47.4. The molecule has 0 aliphatic rings. The molecule has 0 unspecified atom stereocenters. The summed E-state index contributed by atoms with van der Waals surface area (Å²) in [7, 11) is 0. The molecule has 5 nitrogen and oxygen atoms in total. The van der Waals surface area contributed by atoms with Gasteiger partial charge in [0.15, 0.2) is 11.6 Å². The van der Waals surface area contributed by atoms with Crippen LogP contribution in [0.3, 0.4) is 0 Å². The molecule has 0 atom stereocenters. The maximum absolute atomic E-state index is 15.2. The fourth-order valence-electron chi connectivity index (χ4n) is 5.86. The van der Waals surface area contributed by atoms with E-state index in [0.29, 0.717) is 50.7 Å². The predicted molar refractivity (Wildman–Crippen MR) is 149 cm³/mol. The summed E-state index contributed by atoms with van der Waals surface area (Å²) in [5.74, 6) is -3.09. The second-order valence-electron chi connectivity index (χ2n) is 9.53. The Kier molecular flexibility index (Phi) is 5.12. The average Bonchev–Trinajstić information content (AvgIpc) is 3.49. The average molecular weight is 538 g/mol. The van der Waals surface area contributed by atoms with Gasteiger partial charge in [0.1, 0.15) is 23.6 Å². The van der Waals surface area contributed by atoms with Gasteiger partial charge < -0.3 is 9.13 Å². The van der Waals surface area contributed by atoms with E-state index >= 15 is 8.78 Å². The SMILES string of the molecule is N#Cc1cc(C#N)c(-n2c3ccccc3c3c4c5ccccc5n(-c5c(F)cc(F)cc5F)c4ccc32)c(C#N)c1. The van der Waals surface area contributed by atoms with E-state index in [4.69, 9.17) is 0 Å². The molecule has 5 aromatic carbocycles. The van der Waals surface area contributed by atoms with Gasteiger partial charge in [-0.1, -0.05) is 36.4 Å². The summed E-state index contributed by atoms with van der Waals surface area (Å²) in [6.45, 7) is 0. The van der Waals surface area contributed by atoms with E-state index in [0.717, 1.165) is 10.8 Å². The second kappa shape index (κ2) is 8.74. The zero-order valence-corrected chi connectivity index (χ0v) is 21.0. The van der Waals surface area contributed by atoms with Gasteiger partial charge in [-0.3, -0.25) is 0 Å². The molecule has 7 aromatic rings. The number of rotatable bonds is 2. The Labute approximate surface area is 230 Å². The van der Waals surface area contributed by atoms with Crippen molar-refractivity contribution in [3.05, 3.63) is 119 Å². The van der Waals surface area contributed by atoms with Gasteiger partial charge in [-0.05, 0) is 36.4 Å². The number of hydrogen-bond donors (Lipinski definition) is 0. The van der Waals surface area contributed by atoms with E-state index in [1.165, 1.54) is 16.7 Å². The van der Waals surface area contributed by atoms with Crippen molar-refractivity contribution in [3.63, 3.8) is 0 Å². The van der Waals surface area contributed by atoms with Crippen molar-refractivity contribution in [2.24, 2.45) is 0 Å². The molecule has 8 heteroatoms. The normalized spacial score (nSPS) is 11.2. The molecule has 2 aromatic heterocycles. The smallest absolute Gasteiger partial charge is 0.153 e. The topological polar surface area (TPSA) is 81.2 Å². The number of benzene rings is 5. The number of fused-ring (bicyclic) bond motifs is 7. The third kappa shape index (κ3) is 3.27. The van der Waals surface area contributed by atoms with Crippen molar-refractivity contribution in [1.82, 2.24) is 9.13 Å². The molecule has 0 saturated carbocycles. The first-order valence-electron chi connectivity index (χ1n) is 12.5. The number of hydrogen-bond acceptors (Lipinski definition) is 3. The molecule has 41 heavy (non-hydrogen) atoms. The van der Waals surface area contributed by atoms with Crippen molar-refractivity contribution < 1.29 is 13.2 Å². The Morgan fingerprint density at radius 1 is 0.512 bits per heavy atom. The van der Waals surface area contributed by atoms with Crippen LogP contribution in [0.25, 0.3) is 55.0 Å². The van der Waals surface area contributed by atoms with Crippen LogP contribution < -0.4 is 0 Å². The molecule has 0 saturated heterocycles. The van der Waals surface area contributed by atoms with Crippen LogP contribution in [0.1, 0.15) is 16.7 Å². The quantitative estimate of drug-likeness (QED) is 0.225. The van der Waals surface area contributed by atoms with E-state index < -0.39 is 23.1 Å². The Bertz CT molecular complexity index is 2340. The predicted octanol–water partition coefficient (Wildman–Crippen LogP) is 7.91. The summed E-state index contributed by atoms with van der Waals surface area (Å²) in [4.78, 5) is 0. The van der Waals surface area contributed by atoms with Gasteiger partial charge in [0, 0.05) is 33.7 Å². The number of aromatic nitrogens is 2. The molecule has 0 aliphatic heterocycles. The van der Waals surface area contributed by atoms with Crippen LogP contribution in [0.2, 0.25) is 0 Å². The highest BCUT2D eigenvalue weighted by Crippen LogP contribution is 2.43. The lowest BCUT2D eigenvalue weighted by Gasteiger charge is -2.13. The Balaban J connectivity index is 1.72. The van der Waals surface area contributed by atoms with Crippen LogP contribution in [-0.4, -0.2) is 9.13 Å². The number of nitriles is 3.